The van der Waals surface area contributed by atoms with Gasteiger partial charge in [-0.2, -0.15) is 5.10 Å². The van der Waals surface area contributed by atoms with Crippen LogP contribution in [-0.4, -0.2) is 15.7 Å². The average molecular weight is 373 g/mol. The Morgan fingerprint density at radius 3 is 2.43 bits per heavy atom. The van der Waals surface area contributed by atoms with Crippen molar-refractivity contribution in [3.05, 3.63) is 95.9 Å². The number of nitrogens with zero attached hydrogens (tertiary/aromatic N) is 2. The molecule has 1 amide bonds. The van der Waals surface area contributed by atoms with Crippen molar-refractivity contribution in [2.45, 2.75) is 13.5 Å². The zero-order chi connectivity index (χ0) is 19.3. The number of aryl methyl sites for hydroxylation is 1. The molecule has 28 heavy (non-hydrogen) atoms. The Balaban J connectivity index is 1.59. The highest BCUT2D eigenvalue weighted by Gasteiger charge is 2.21. The van der Waals surface area contributed by atoms with Crippen molar-refractivity contribution in [3.63, 3.8) is 0 Å². The molecule has 2 heterocycles. The number of hydrogen-bond donors (Lipinski definition) is 1. The molecular weight excluding hydrogens is 354 g/mol. The average Bonchev–Trinajstić information content (AvgIpc) is 3.36. The fourth-order valence-corrected chi connectivity index (χ4v) is 2.81. The van der Waals surface area contributed by atoms with Crippen molar-refractivity contribution >= 4 is 5.91 Å². The van der Waals surface area contributed by atoms with Gasteiger partial charge in [-0.15, -0.1) is 0 Å². The van der Waals surface area contributed by atoms with Crippen molar-refractivity contribution in [2.24, 2.45) is 0 Å². The first-order valence-corrected chi connectivity index (χ1v) is 8.88. The number of rotatable bonds is 6. The van der Waals surface area contributed by atoms with Crippen molar-refractivity contribution < 1.29 is 14.0 Å². The van der Waals surface area contributed by atoms with Crippen LogP contribution in [0.3, 0.4) is 0 Å². The molecule has 4 aromatic rings. The molecule has 1 N–H and O–H groups in total. The van der Waals surface area contributed by atoms with E-state index in [-0.39, 0.29) is 12.5 Å². The molecule has 0 aliphatic carbocycles. The molecule has 0 fully saturated rings. The molecule has 0 saturated carbocycles. The van der Waals surface area contributed by atoms with Crippen LogP contribution in [0.2, 0.25) is 0 Å². The minimum absolute atomic E-state index is 0.272. The second-order valence-corrected chi connectivity index (χ2v) is 6.29. The molecule has 0 unspecified atom stereocenters. The third-order valence-electron chi connectivity index (χ3n) is 4.20. The summed E-state index contributed by atoms with van der Waals surface area (Å²) in [5.74, 6) is 0.888. The lowest BCUT2D eigenvalue weighted by Gasteiger charge is -2.05. The van der Waals surface area contributed by atoms with Gasteiger partial charge in [-0.25, -0.2) is 10.2 Å². The van der Waals surface area contributed by atoms with Crippen LogP contribution in [0.25, 0.3) is 17.1 Å². The smallest absolute Gasteiger partial charge is 0.278 e. The number of hydrogen-bond acceptors (Lipinski definition) is 4. The highest BCUT2D eigenvalue weighted by Crippen LogP contribution is 2.25. The minimum Gasteiger partial charge on any atom is -0.460 e. The van der Waals surface area contributed by atoms with E-state index in [1.54, 1.807) is 16.9 Å². The number of hydroxylamine groups is 1. The number of amides is 1. The van der Waals surface area contributed by atoms with Crippen molar-refractivity contribution in [1.82, 2.24) is 15.3 Å². The fourth-order valence-electron chi connectivity index (χ4n) is 2.81. The maximum absolute atomic E-state index is 12.7. The summed E-state index contributed by atoms with van der Waals surface area (Å²) in [5.41, 5.74) is 5.12. The van der Waals surface area contributed by atoms with E-state index >= 15 is 0 Å². The topological polar surface area (TPSA) is 69.3 Å². The van der Waals surface area contributed by atoms with E-state index < -0.39 is 0 Å². The number of aromatic nitrogens is 2. The van der Waals surface area contributed by atoms with Gasteiger partial charge in [0.15, 0.2) is 5.76 Å². The van der Waals surface area contributed by atoms with Gasteiger partial charge in [0.05, 0.1) is 17.9 Å². The summed E-state index contributed by atoms with van der Waals surface area (Å²) in [6.45, 7) is 2.12. The number of carbonyl (C=O) groups excluding carboxylic acids is 1. The second kappa shape index (κ2) is 7.94. The molecule has 0 radical (unpaired) electrons. The highest BCUT2D eigenvalue weighted by molar-refractivity contribution is 5.98. The Kier molecular flexibility index (Phi) is 5.03. The van der Waals surface area contributed by atoms with Crippen LogP contribution in [0.4, 0.5) is 0 Å². The lowest BCUT2D eigenvalue weighted by atomic mass is 10.2. The molecule has 6 nitrogen and oxygen atoms in total. The molecule has 2 aromatic heterocycles. The van der Waals surface area contributed by atoms with Crippen molar-refractivity contribution in [1.29, 1.82) is 0 Å². The maximum atomic E-state index is 12.7. The zero-order valence-corrected chi connectivity index (χ0v) is 15.3. The molecule has 0 bridgehead atoms. The number of carbonyl (C=O) groups is 1. The molecule has 4 rings (SSSR count). The number of para-hydroxylation sites is 1. The second-order valence-electron chi connectivity index (χ2n) is 6.29. The Bertz CT molecular complexity index is 1070. The van der Waals surface area contributed by atoms with Crippen LogP contribution in [-0.2, 0) is 11.4 Å². The monoisotopic (exact) mass is 373 g/mol. The van der Waals surface area contributed by atoms with E-state index in [2.05, 4.69) is 10.6 Å². The van der Waals surface area contributed by atoms with Gasteiger partial charge in [-0.3, -0.25) is 9.63 Å². The van der Waals surface area contributed by atoms with Gasteiger partial charge in [-0.05, 0) is 36.8 Å². The summed E-state index contributed by atoms with van der Waals surface area (Å²) in [6.07, 6.45) is 1.67. The lowest BCUT2D eigenvalue weighted by molar-refractivity contribution is 0.0234. The minimum atomic E-state index is -0.387. The molecule has 6 heteroatoms. The third-order valence-corrected chi connectivity index (χ3v) is 4.20. The van der Waals surface area contributed by atoms with Crippen LogP contribution in [0.5, 0.6) is 0 Å². The predicted molar refractivity (Wildman–Crippen MR) is 105 cm³/mol. The van der Waals surface area contributed by atoms with Gasteiger partial charge >= 0.3 is 0 Å². The van der Waals surface area contributed by atoms with Gasteiger partial charge in [-0.1, -0.05) is 48.5 Å². The normalized spacial score (nSPS) is 10.8. The molecular formula is C22H19N3O3. The molecule has 2 aromatic carbocycles. The van der Waals surface area contributed by atoms with Crippen LogP contribution in [0.1, 0.15) is 21.7 Å². The largest absolute Gasteiger partial charge is 0.460 e. The van der Waals surface area contributed by atoms with E-state index in [4.69, 9.17) is 9.25 Å². The third kappa shape index (κ3) is 3.87. The molecule has 0 saturated heterocycles. The van der Waals surface area contributed by atoms with Crippen LogP contribution in [0.15, 0.2) is 83.4 Å². The summed E-state index contributed by atoms with van der Waals surface area (Å²) in [6, 6.07) is 22.8. The molecule has 0 aliphatic heterocycles. The van der Waals surface area contributed by atoms with Crippen molar-refractivity contribution in [2.75, 3.05) is 0 Å². The van der Waals surface area contributed by atoms with E-state index in [0.29, 0.717) is 17.0 Å². The van der Waals surface area contributed by atoms with Crippen LogP contribution < -0.4 is 5.48 Å². The number of furan rings is 1. The van der Waals surface area contributed by atoms with E-state index in [9.17, 15) is 4.79 Å². The summed E-state index contributed by atoms with van der Waals surface area (Å²) in [5, 5.41) is 4.56. The van der Waals surface area contributed by atoms with Crippen LogP contribution in [0, 0.1) is 6.92 Å². The van der Waals surface area contributed by atoms with E-state index in [1.807, 2.05) is 73.7 Å². The molecule has 0 spiro atoms. The Morgan fingerprint density at radius 1 is 1.04 bits per heavy atom. The molecule has 0 aliphatic rings. The summed E-state index contributed by atoms with van der Waals surface area (Å²) in [4.78, 5) is 18.1. The maximum Gasteiger partial charge on any atom is 0.278 e. The Labute approximate surface area is 162 Å². The fraction of sp³-hybridized carbons (Fsp3) is 0.0909. The first-order valence-electron chi connectivity index (χ1n) is 8.88. The summed E-state index contributed by atoms with van der Waals surface area (Å²) in [7, 11) is 0. The molecule has 0 atom stereocenters. The zero-order valence-electron chi connectivity index (χ0n) is 15.3. The Hall–Kier alpha value is -3.64. The van der Waals surface area contributed by atoms with Crippen LogP contribution >= 0.6 is 0 Å². The Morgan fingerprint density at radius 2 is 1.75 bits per heavy atom. The van der Waals surface area contributed by atoms with Gasteiger partial charge in [0, 0.05) is 6.20 Å². The highest BCUT2D eigenvalue weighted by atomic mass is 16.6. The van der Waals surface area contributed by atoms with E-state index in [0.717, 1.165) is 17.0 Å². The van der Waals surface area contributed by atoms with Gasteiger partial charge in [0.1, 0.15) is 11.5 Å². The summed E-state index contributed by atoms with van der Waals surface area (Å²) < 4.78 is 7.34. The van der Waals surface area contributed by atoms with Gasteiger partial charge in [0.2, 0.25) is 0 Å². The quantitative estimate of drug-likeness (QED) is 0.512. The first kappa shape index (κ1) is 17.8. The van der Waals surface area contributed by atoms with E-state index in [1.165, 1.54) is 0 Å². The van der Waals surface area contributed by atoms with Gasteiger partial charge in [0.25, 0.3) is 5.91 Å². The SMILES string of the molecule is Cc1ccc(-c2nn(-c3ccccc3)cc2C(=O)NOCc2ccccc2)o1. The predicted octanol–water partition coefficient (Wildman–Crippen LogP) is 4.30. The molecule has 140 valence electrons. The number of benzene rings is 2. The van der Waals surface area contributed by atoms with Gasteiger partial charge < -0.3 is 4.42 Å². The standard InChI is InChI=1S/C22H19N3O3/c1-16-12-13-20(28-16)21-19(14-25(23-21)18-10-6-3-7-11-18)22(26)24-27-15-17-8-4-2-5-9-17/h2-14H,15H2,1H3,(H,24,26). The number of nitrogens with one attached hydrogen (secondary N) is 1. The van der Waals surface area contributed by atoms with Crippen molar-refractivity contribution in [3.8, 4) is 17.1 Å². The lowest BCUT2D eigenvalue weighted by Crippen LogP contribution is -2.23. The first-order chi connectivity index (χ1) is 13.7. The summed E-state index contributed by atoms with van der Waals surface area (Å²) >= 11 is 0.